The Balaban J connectivity index is 2.20. The highest BCUT2D eigenvalue weighted by Gasteiger charge is 2.34. The number of urea groups is 1. The van der Waals surface area contributed by atoms with Crippen LogP contribution in [0.2, 0.25) is 5.02 Å². The number of aliphatic carboxylic acids is 1. The Kier molecular flexibility index (Phi) is 4.57. The van der Waals surface area contributed by atoms with Gasteiger partial charge in [0.15, 0.2) is 0 Å². The molecule has 1 aromatic carbocycles. The highest BCUT2D eigenvalue weighted by atomic mass is 35.5. The maximum atomic E-state index is 12.3. The van der Waals surface area contributed by atoms with E-state index in [4.69, 9.17) is 21.4 Å². The normalized spacial score (nSPS) is 17.7. The van der Waals surface area contributed by atoms with Crippen molar-refractivity contribution in [3.8, 4) is 5.75 Å². The van der Waals surface area contributed by atoms with Gasteiger partial charge in [-0.1, -0.05) is 11.6 Å². The van der Waals surface area contributed by atoms with Crippen molar-refractivity contribution in [3.63, 3.8) is 0 Å². The first kappa shape index (κ1) is 15.4. The van der Waals surface area contributed by atoms with E-state index in [1.165, 1.54) is 12.0 Å². The maximum absolute atomic E-state index is 12.3. The second-order valence-corrected chi connectivity index (χ2v) is 5.33. The molecule has 21 heavy (non-hydrogen) atoms. The highest BCUT2D eigenvalue weighted by molar-refractivity contribution is 6.31. The molecule has 7 heteroatoms. The quantitative estimate of drug-likeness (QED) is 0.899. The first-order chi connectivity index (χ1) is 9.93. The lowest BCUT2D eigenvalue weighted by molar-refractivity contribution is -0.141. The zero-order valence-corrected chi connectivity index (χ0v) is 12.6. The van der Waals surface area contributed by atoms with Crippen LogP contribution in [0, 0.1) is 6.92 Å². The number of nitrogens with zero attached hydrogens (tertiary/aromatic N) is 1. The summed E-state index contributed by atoms with van der Waals surface area (Å²) in [4.78, 5) is 24.7. The molecular formula is C14H17ClN2O4. The van der Waals surface area contributed by atoms with Gasteiger partial charge in [0.1, 0.15) is 11.8 Å². The summed E-state index contributed by atoms with van der Waals surface area (Å²) < 4.78 is 5.18. The molecule has 1 saturated heterocycles. The Bertz CT molecular complexity index is 576. The third-order valence-electron chi connectivity index (χ3n) is 3.52. The number of aryl methyl sites for hydroxylation is 1. The lowest BCUT2D eigenvalue weighted by Gasteiger charge is -2.22. The molecule has 0 aromatic heterocycles. The van der Waals surface area contributed by atoms with E-state index >= 15 is 0 Å². The number of ether oxygens (including phenoxy) is 1. The molecule has 0 radical (unpaired) electrons. The molecule has 0 bridgehead atoms. The number of hydrogen-bond donors (Lipinski definition) is 2. The second-order valence-electron chi connectivity index (χ2n) is 4.92. The first-order valence-electron chi connectivity index (χ1n) is 6.58. The Morgan fingerprint density at radius 2 is 2.19 bits per heavy atom. The Labute approximate surface area is 127 Å². The number of benzene rings is 1. The van der Waals surface area contributed by atoms with Gasteiger partial charge in [0.25, 0.3) is 0 Å². The number of carboxylic acids is 1. The molecule has 0 unspecified atom stereocenters. The fourth-order valence-corrected chi connectivity index (χ4v) is 2.54. The second kappa shape index (κ2) is 6.22. The van der Waals surface area contributed by atoms with Crippen LogP contribution in [0.1, 0.15) is 18.4 Å². The van der Waals surface area contributed by atoms with Crippen LogP contribution >= 0.6 is 11.6 Å². The number of carbonyl (C=O) groups is 2. The van der Waals surface area contributed by atoms with Crippen molar-refractivity contribution in [2.75, 3.05) is 19.0 Å². The molecule has 0 aliphatic carbocycles. The first-order valence-corrected chi connectivity index (χ1v) is 6.96. The van der Waals surface area contributed by atoms with E-state index in [1.807, 2.05) is 6.92 Å². The van der Waals surface area contributed by atoms with Crippen molar-refractivity contribution in [1.82, 2.24) is 4.90 Å². The maximum Gasteiger partial charge on any atom is 0.326 e. The SMILES string of the molecule is COc1cc(Cl)c(C)cc1NC(=O)N1CCC[C@@H]1C(=O)O. The van der Waals surface area contributed by atoms with E-state index in [-0.39, 0.29) is 0 Å². The fraction of sp³-hybridized carbons (Fsp3) is 0.429. The van der Waals surface area contributed by atoms with Crippen molar-refractivity contribution in [3.05, 3.63) is 22.7 Å². The summed E-state index contributed by atoms with van der Waals surface area (Å²) in [5.74, 6) is -0.549. The van der Waals surface area contributed by atoms with E-state index in [0.717, 1.165) is 5.56 Å². The van der Waals surface area contributed by atoms with E-state index in [1.54, 1.807) is 12.1 Å². The molecule has 0 spiro atoms. The van der Waals surface area contributed by atoms with Crippen molar-refractivity contribution in [1.29, 1.82) is 0 Å². The lowest BCUT2D eigenvalue weighted by atomic mass is 10.2. The topological polar surface area (TPSA) is 78.9 Å². The van der Waals surface area contributed by atoms with E-state index in [0.29, 0.717) is 35.8 Å². The van der Waals surface area contributed by atoms with E-state index in [2.05, 4.69) is 5.32 Å². The van der Waals surface area contributed by atoms with Gasteiger partial charge >= 0.3 is 12.0 Å². The van der Waals surface area contributed by atoms with Gasteiger partial charge in [-0.05, 0) is 31.4 Å². The Hall–Kier alpha value is -1.95. The highest BCUT2D eigenvalue weighted by Crippen LogP contribution is 2.31. The molecule has 1 aliphatic rings. The van der Waals surface area contributed by atoms with E-state index in [9.17, 15) is 9.59 Å². The predicted molar refractivity (Wildman–Crippen MR) is 79.1 cm³/mol. The molecule has 2 rings (SSSR count). The predicted octanol–water partition coefficient (Wildman–Crippen LogP) is 2.74. The number of likely N-dealkylation sites (tertiary alicyclic amines) is 1. The summed E-state index contributed by atoms with van der Waals surface area (Å²) in [5, 5.41) is 12.3. The van der Waals surface area contributed by atoms with Crippen molar-refractivity contribution < 1.29 is 19.4 Å². The van der Waals surface area contributed by atoms with Crippen LogP contribution in [0.15, 0.2) is 12.1 Å². The number of halogens is 1. The minimum atomic E-state index is -0.984. The molecule has 114 valence electrons. The average Bonchev–Trinajstić information content (AvgIpc) is 2.92. The average molecular weight is 313 g/mol. The summed E-state index contributed by atoms with van der Waals surface area (Å²) in [7, 11) is 1.48. The number of carbonyl (C=O) groups excluding carboxylic acids is 1. The zero-order chi connectivity index (χ0) is 15.6. The molecule has 1 atom stereocenters. The largest absolute Gasteiger partial charge is 0.495 e. The number of rotatable bonds is 3. The summed E-state index contributed by atoms with van der Waals surface area (Å²) in [6.07, 6.45) is 1.15. The van der Waals surface area contributed by atoms with Gasteiger partial charge in [-0.25, -0.2) is 9.59 Å². The van der Waals surface area contributed by atoms with Gasteiger partial charge in [0.2, 0.25) is 0 Å². The fourth-order valence-electron chi connectivity index (χ4n) is 2.38. The third kappa shape index (κ3) is 3.21. The van der Waals surface area contributed by atoms with Crippen LogP contribution in [0.4, 0.5) is 10.5 Å². The number of amides is 2. The van der Waals surface area contributed by atoms with Crippen LogP contribution in [-0.4, -0.2) is 41.7 Å². The van der Waals surface area contributed by atoms with Gasteiger partial charge in [-0.2, -0.15) is 0 Å². The van der Waals surface area contributed by atoms with Gasteiger partial charge in [-0.3, -0.25) is 0 Å². The minimum absolute atomic E-state index is 0.428. The molecular weight excluding hydrogens is 296 g/mol. The number of carboxylic acid groups (broad SMARTS) is 1. The molecule has 1 aliphatic heterocycles. The lowest BCUT2D eigenvalue weighted by Crippen LogP contribution is -2.42. The van der Waals surface area contributed by atoms with Gasteiger partial charge in [-0.15, -0.1) is 0 Å². The zero-order valence-electron chi connectivity index (χ0n) is 11.9. The minimum Gasteiger partial charge on any atom is -0.495 e. The molecule has 1 heterocycles. The summed E-state index contributed by atoms with van der Waals surface area (Å²) in [5.41, 5.74) is 1.27. The standard InChI is InChI=1S/C14H17ClN2O4/c1-8-6-10(12(21-2)7-9(8)15)16-14(20)17-5-3-4-11(17)13(18)19/h6-7,11H,3-5H2,1-2H3,(H,16,20)(H,18,19)/t11-/m1/s1. The Morgan fingerprint density at radius 1 is 1.48 bits per heavy atom. The number of methoxy groups -OCH3 is 1. The van der Waals surface area contributed by atoms with Gasteiger partial charge < -0.3 is 20.1 Å². The molecule has 1 aromatic rings. The van der Waals surface area contributed by atoms with Gasteiger partial charge in [0, 0.05) is 17.6 Å². The van der Waals surface area contributed by atoms with E-state index < -0.39 is 18.0 Å². The molecule has 6 nitrogen and oxygen atoms in total. The summed E-state index contributed by atoms with van der Waals surface area (Å²) >= 11 is 6.01. The van der Waals surface area contributed by atoms with Crippen molar-refractivity contribution in [2.45, 2.75) is 25.8 Å². The van der Waals surface area contributed by atoms with Crippen LogP contribution in [0.5, 0.6) is 5.75 Å². The third-order valence-corrected chi connectivity index (χ3v) is 3.93. The van der Waals surface area contributed by atoms with Gasteiger partial charge in [0.05, 0.1) is 12.8 Å². The van der Waals surface area contributed by atoms with Crippen LogP contribution in [-0.2, 0) is 4.79 Å². The number of hydrogen-bond acceptors (Lipinski definition) is 3. The molecule has 0 saturated carbocycles. The van der Waals surface area contributed by atoms with Crippen LogP contribution in [0.3, 0.4) is 0 Å². The smallest absolute Gasteiger partial charge is 0.326 e. The van der Waals surface area contributed by atoms with Crippen molar-refractivity contribution in [2.24, 2.45) is 0 Å². The molecule has 1 fully saturated rings. The summed E-state index contributed by atoms with van der Waals surface area (Å²) in [6, 6.07) is 2.10. The van der Waals surface area contributed by atoms with Crippen molar-refractivity contribution >= 4 is 29.3 Å². The summed E-state index contributed by atoms with van der Waals surface area (Å²) in [6.45, 7) is 2.24. The van der Waals surface area contributed by atoms with Crippen LogP contribution in [0.25, 0.3) is 0 Å². The Morgan fingerprint density at radius 3 is 2.81 bits per heavy atom. The monoisotopic (exact) mass is 312 g/mol. The number of nitrogens with one attached hydrogen (secondary N) is 1. The molecule has 2 N–H and O–H groups in total. The molecule has 2 amide bonds. The van der Waals surface area contributed by atoms with Crippen LogP contribution < -0.4 is 10.1 Å². The number of anilines is 1.